The van der Waals surface area contributed by atoms with E-state index in [0.717, 1.165) is 37.8 Å². The first-order valence-electron chi connectivity index (χ1n) is 12.3. The van der Waals surface area contributed by atoms with Crippen LogP contribution in [0.5, 0.6) is 0 Å². The van der Waals surface area contributed by atoms with Crippen LogP contribution in [0.3, 0.4) is 0 Å². The van der Waals surface area contributed by atoms with E-state index in [-0.39, 0.29) is 16.7 Å². The quantitative estimate of drug-likeness (QED) is 0.396. The number of hydrogen-bond acceptors (Lipinski definition) is 5. The fraction of sp³-hybridized carbons (Fsp3) is 0.423. The number of alkyl halides is 3. The van der Waals surface area contributed by atoms with Crippen molar-refractivity contribution in [2.24, 2.45) is 0 Å². The molecule has 13 heteroatoms. The summed E-state index contributed by atoms with van der Waals surface area (Å²) in [6, 6.07) is 13.9. The number of amides is 2. The second-order valence-corrected chi connectivity index (χ2v) is 11.1. The van der Waals surface area contributed by atoms with E-state index in [2.05, 4.69) is 10.0 Å². The highest BCUT2D eigenvalue weighted by Gasteiger charge is 2.51. The summed E-state index contributed by atoms with van der Waals surface area (Å²) < 4.78 is 59.7. The summed E-state index contributed by atoms with van der Waals surface area (Å²) in [7, 11) is -3.68. The predicted octanol–water partition coefficient (Wildman–Crippen LogP) is 3.59. The number of aliphatic carboxylic acids is 1. The van der Waals surface area contributed by atoms with Crippen molar-refractivity contribution < 1.29 is 41.1 Å². The van der Waals surface area contributed by atoms with Crippen LogP contribution in [0, 0.1) is 6.92 Å². The molecule has 0 radical (unpaired) electrons. The summed E-state index contributed by atoms with van der Waals surface area (Å²) in [5.41, 5.74) is 1.50. The number of likely N-dealkylation sites (tertiary alicyclic amines) is 1. The molecule has 0 unspecified atom stereocenters. The fourth-order valence-corrected chi connectivity index (χ4v) is 5.58. The third kappa shape index (κ3) is 7.71. The fourth-order valence-electron chi connectivity index (χ4n) is 4.28. The third-order valence-electron chi connectivity index (χ3n) is 6.56. The molecule has 1 saturated heterocycles. The molecular formula is C26H30F3N3O6S. The molecule has 2 aromatic rings. The number of carboxylic acid groups (broad SMARTS) is 1. The zero-order valence-electron chi connectivity index (χ0n) is 21.3. The number of aryl methyl sites for hydroxylation is 1. The Labute approximate surface area is 224 Å². The molecule has 3 N–H and O–H groups in total. The van der Waals surface area contributed by atoms with Crippen molar-refractivity contribution >= 4 is 33.5 Å². The normalized spacial score (nSPS) is 16.2. The maximum atomic E-state index is 12.8. The van der Waals surface area contributed by atoms with E-state index in [1.54, 1.807) is 43.3 Å². The van der Waals surface area contributed by atoms with Crippen molar-refractivity contribution in [3.8, 4) is 0 Å². The highest BCUT2D eigenvalue weighted by molar-refractivity contribution is 7.92. The molecule has 1 aliphatic heterocycles. The Hall–Kier alpha value is -3.61. The maximum absolute atomic E-state index is 12.8. The molecule has 0 atom stereocenters. The van der Waals surface area contributed by atoms with Gasteiger partial charge in [-0.05, 0) is 61.9 Å². The van der Waals surface area contributed by atoms with E-state index in [0.29, 0.717) is 30.8 Å². The average Bonchev–Trinajstić information content (AvgIpc) is 3.58. The second kappa shape index (κ2) is 12.1. The van der Waals surface area contributed by atoms with E-state index in [4.69, 9.17) is 9.90 Å². The number of carbonyl (C=O) groups excluding carboxylic acids is 2. The Morgan fingerprint density at radius 1 is 1.08 bits per heavy atom. The molecule has 4 rings (SSSR count). The lowest BCUT2D eigenvalue weighted by Crippen LogP contribution is -2.36. The minimum atomic E-state index is -5.08. The molecule has 0 spiro atoms. The number of anilines is 1. The number of rotatable bonds is 9. The number of carbonyl (C=O) groups is 3. The molecular weight excluding hydrogens is 539 g/mol. The standard InChI is InChI=1S/C24H29N3O4S.C2HF3O2/c1-18-6-2-3-7-21(18)32(30,31)26-20-11-9-19(10-12-20)24(13-14-24)23(29)25-15-5-17-27-16-4-8-22(27)28;3-2(4,5)1(6)7/h2-3,6-7,9-12,26H,4-5,8,13-17H2,1H3,(H,25,29);(H,6,7). The van der Waals surface area contributed by atoms with Crippen LogP contribution in [0.2, 0.25) is 0 Å². The maximum Gasteiger partial charge on any atom is 0.490 e. The van der Waals surface area contributed by atoms with Gasteiger partial charge in [0.05, 0.1) is 10.3 Å². The van der Waals surface area contributed by atoms with Crippen LogP contribution in [0.4, 0.5) is 18.9 Å². The molecule has 1 saturated carbocycles. The predicted molar refractivity (Wildman–Crippen MR) is 136 cm³/mol. The number of sulfonamides is 1. The van der Waals surface area contributed by atoms with Gasteiger partial charge in [-0.2, -0.15) is 13.2 Å². The number of nitrogens with one attached hydrogen (secondary N) is 2. The Kier molecular flexibility index (Phi) is 9.26. The molecule has 1 heterocycles. The Balaban J connectivity index is 0.000000532. The first-order valence-corrected chi connectivity index (χ1v) is 13.8. The number of nitrogens with zero attached hydrogens (tertiary/aromatic N) is 1. The van der Waals surface area contributed by atoms with E-state index < -0.39 is 27.6 Å². The van der Waals surface area contributed by atoms with Crippen LogP contribution in [-0.4, -0.2) is 62.0 Å². The molecule has 2 aliphatic rings. The van der Waals surface area contributed by atoms with Gasteiger partial charge < -0.3 is 15.3 Å². The van der Waals surface area contributed by atoms with Gasteiger partial charge in [-0.15, -0.1) is 0 Å². The number of benzene rings is 2. The van der Waals surface area contributed by atoms with Crippen LogP contribution in [0.1, 0.15) is 43.2 Å². The van der Waals surface area contributed by atoms with E-state index in [1.165, 1.54) is 0 Å². The minimum Gasteiger partial charge on any atom is -0.475 e. The molecule has 2 amide bonds. The van der Waals surface area contributed by atoms with Crippen LogP contribution >= 0.6 is 0 Å². The van der Waals surface area contributed by atoms with Crippen LogP contribution in [0.15, 0.2) is 53.4 Å². The smallest absolute Gasteiger partial charge is 0.475 e. The van der Waals surface area contributed by atoms with Gasteiger partial charge in [0.2, 0.25) is 11.8 Å². The van der Waals surface area contributed by atoms with Crippen LogP contribution in [0.25, 0.3) is 0 Å². The van der Waals surface area contributed by atoms with Gasteiger partial charge in [-0.3, -0.25) is 14.3 Å². The molecule has 2 fully saturated rings. The number of carboxylic acids is 1. The van der Waals surface area contributed by atoms with Gasteiger partial charge in [0.15, 0.2) is 0 Å². The molecule has 0 bridgehead atoms. The van der Waals surface area contributed by atoms with Gasteiger partial charge >= 0.3 is 12.1 Å². The van der Waals surface area contributed by atoms with E-state index >= 15 is 0 Å². The summed E-state index contributed by atoms with van der Waals surface area (Å²) in [6.07, 6.45) is -1.24. The highest BCUT2D eigenvalue weighted by atomic mass is 32.2. The van der Waals surface area contributed by atoms with Gasteiger partial charge in [0.1, 0.15) is 0 Å². The summed E-state index contributed by atoms with van der Waals surface area (Å²) in [4.78, 5) is 35.5. The Morgan fingerprint density at radius 3 is 2.21 bits per heavy atom. The van der Waals surface area contributed by atoms with Gasteiger partial charge in [0, 0.05) is 31.7 Å². The van der Waals surface area contributed by atoms with Gasteiger partial charge in [-0.25, -0.2) is 13.2 Å². The molecule has 2 aromatic carbocycles. The zero-order chi connectivity index (χ0) is 28.8. The second-order valence-electron chi connectivity index (χ2n) is 9.43. The summed E-state index contributed by atoms with van der Waals surface area (Å²) in [6.45, 7) is 3.80. The SMILES string of the molecule is Cc1ccccc1S(=O)(=O)Nc1ccc(C2(C(=O)NCCCN3CCCC3=O)CC2)cc1.O=C(O)C(F)(F)F. The van der Waals surface area contributed by atoms with E-state index in [1.807, 2.05) is 17.0 Å². The molecule has 39 heavy (non-hydrogen) atoms. The summed E-state index contributed by atoms with van der Waals surface area (Å²) in [5.74, 6) is -2.56. The average molecular weight is 570 g/mol. The Morgan fingerprint density at radius 2 is 1.69 bits per heavy atom. The molecule has 212 valence electrons. The molecule has 1 aliphatic carbocycles. The van der Waals surface area contributed by atoms with Crippen molar-refractivity contribution in [2.45, 2.75) is 55.5 Å². The third-order valence-corrected chi connectivity index (χ3v) is 8.10. The molecule has 0 aromatic heterocycles. The van der Waals surface area contributed by atoms with Gasteiger partial charge in [0.25, 0.3) is 10.0 Å². The lowest BCUT2D eigenvalue weighted by atomic mass is 9.95. The van der Waals surface area contributed by atoms with Crippen LogP contribution in [-0.2, 0) is 29.8 Å². The highest BCUT2D eigenvalue weighted by Crippen LogP contribution is 2.48. The number of halogens is 3. The monoisotopic (exact) mass is 569 g/mol. The number of hydrogen-bond donors (Lipinski definition) is 3. The lowest BCUT2D eigenvalue weighted by molar-refractivity contribution is -0.192. The summed E-state index contributed by atoms with van der Waals surface area (Å²) in [5, 5.41) is 10.1. The van der Waals surface area contributed by atoms with Crippen molar-refractivity contribution in [3.05, 3.63) is 59.7 Å². The first-order chi connectivity index (χ1) is 18.3. The molecule has 9 nitrogen and oxygen atoms in total. The minimum absolute atomic E-state index is 0.00140. The van der Waals surface area contributed by atoms with Crippen molar-refractivity contribution in [2.75, 3.05) is 24.4 Å². The van der Waals surface area contributed by atoms with Gasteiger partial charge in [-0.1, -0.05) is 30.3 Å². The first kappa shape index (κ1) is 29.9. The topological polar surface area (TPSA) is 133 Å². The van der Waals surface area contributed by atoms with Crippen molar-refractivity contribution in [1.29, 1.82) is 0 Å². The van der Waals surface area contributed by atoms with E-state index in [9.17, 15) is 31.2 Å². The van der Waals surface area contributed by atoms with Crippen molar-refractivity contribution in [1.82, 2.24) is 10.2 Å². The van der Waals surface area contributed by atoms with Crippen molar-refractivity contribution in [3.63, 3.8) is 0 Å². The largest absolute Gasteiger partial charge is 0.490 e. The zero-order valence-corrected chi connectivity index (χ0v) is 22.1. The Bertz CT molecular complexity index is 1310. The summed E-state index contributed by atoms with van der Waals surface area (Å²) >= 11 is 0. The van der Waals surface area contributed by atoms with Crippen LogP contribution < -0.4 is 10.0 Å². The lowest BCUT2D eigenvalue weighted by Gasteiger charge is -2.18.